The van der Waals surface area contributed by atoms with Gasteiger partial charge in [-0.25, -0.2) is 0 Å². The minimum absolute atomic E-state index is 0.210. The lowest BCUT2D eigenvalue weighted by Gasteiger charge is -2.37. The molecule has 0 saturated carbocycles. The van der Waals surface area contributed by atoms with E-state index in [0.717, 1.165) is 16.7 Å². The molecule has 26 heavy (non-hydrogen) atoms. The van der Waals surface area contributed by atoms with E-state index >= 15 is 0 Å². The first-order valence-corrected chi connectivity index (χ1v) is 8.83. The highest BCUT2D eigenvalue weighted by molar-refractivity contribution is 5.71. The number of carbonyl (C=O) groups is 1. The topological polar surface area (TPSA) is 35.5 Å². The van der Waals surface area contributed by atoms with E-state index in [1.54, 1.807) is 0 Å². The first-order valence-electron chi connectivity index (χ1n) is 8.83. The SMILES string of the molecule is O=C1CC[C@H](OC(c2ccccc2)(c2ccccc2)c2ccccc2)O1. The molecule has 0 N–H and O–H groups in total. The van der Waals surface area contributed by atoms with Gasteiger partial charge in [0.15, 0.2) is 0 Å². The highest BCUT2D eigenvalue weighted by atomic mass is 16.7. The van der Waals surface area contributed by atoms with Gasteiger partial charge in [0.05, 0.1) is 6.42 Å². The molecule has 0 radical (unpaired) electrons. The first-order chi connectivity index (χ1) is 12.8. The molecular weight excluding hydrogens is 324 g/mol. The van der Waals surface area contributed by atoms with Crippen molar-refractivity contribution < 1.29 is 14.3 Å². The molecule has 3 nitrogen and oxygen atoms in total. The van der Waals surface area contributed by atoms with Crippen LogP contribution in [0.15, 0.2) is 91.0 Å². The van der Waals surface area contributed by atoms with Crippen molar-refractivity contribution in [1.29, 1.82) is 0 Å². The summed E-state index contributed by atoms with van der Waals surface area (Å²) in [5.41, 5.74) is 2.15. The summed E-state index contributed by atoms with van der Waals surface area (Å²) in [6, 6.07) is 30.3. The third-order valence-corrected chi connectivity index (χ3v) is 4.70. The third kappa shape index (κ3) is 3.02. The van der Waals surface area contributed by atoms with E-state index in [2.05, 4.69) is 36.4 Å². The van der Waals surface area contributed by atoms with Crippen molar-refractivity contribution in [3.05, 3.63) is 108 Å². The smallest absolute Gasteiger partial charge is 0.308 e. The van der Waals surface area contributed by atoms with Crippen LogP contribution in [0, 0.1) is 0 Å². The van der Waals surface area contributed by atoms with Gasteiger partial charge in [-0.15, -0.1) is 0 Å². The molecule has 1 aliphatic heterocycles. The largest absolute Gasteiger partial charge is 0.436 e. The zero-order valence-electron chi connectivity index (χ0n) is 14.4. The summed E-state index contributed by atoms with van der Waals surface area (Å²) in [5, 5.41) is 0. The zero-order valence-corrected chi connectivity index (χ0v) is 14.4. The Labute approximate surface area is 153 Å². The first kappa shape index (κ1) is 16.6. The number of carbonyl (C=O) groups excluding carboxylic acids is 1. The molecule has 1 aliphatic rings. The summed E-state index contributed by atoms with van der Waals surface area (Å²) in [6.45, 7) is 0. The van der Waals surface area contributed by atoms with Crippen molar-refractivity contribution in [3.8, 4) is 0 Å². The predicted molar refractivity (Wildman–Crippen MR) is 99.4 cm³/mol. The number of hydrogen-bond donors (Lipinski definition) is 0. The molecule has 130 valence electrons. The van der Waals surface area contributed by atoms with Crippen LogP contribution in [0.1, 0.15) is 29.5 Å². The Morgan fingerprint density at radius 2 is 1.15 bits per heavy atom. The van der Waals surface area contributed by atoms with Crippen molar-refractivity contribution in [2.75, 3.05) is 0 Å². The molecule has 0 bridgehead atoms. The fraction of sp³-hybridized carbons (Fsp3) is 0.174. The predicted octanol–water partition coefficient (Wildman–Crippen LogP) is 4.66. The Kier molecular flexibility index (Phi) is 4.55. The lowest BCUT2D eigenvalue weighted by molar-refractivity contribution is -0.182. The maximum Gasteiger partial charge on any atom is 0.308 e. The Balaban J connectivity index is 1.92. The number of cyclic esters (lactones) is 1. The fourth-order valence-electron chi connectivity index (χ4n) is 3.50. The second-order valence-corrected chi connectivity index (χ2v) is 6.36. The van der Waals surface area contributed by atoms with Gasteiger partial charge in [-0.05, 0) is 16.7 Å². The van der Waals surface area contributed by atoms with Crippen LogP contribution in [0.25, 0.3) is 0 Å². The normalized spacial score (nSPS) is 17.1. The summed E-state index contributed by atoms with van der Waals surface area (Å²) >= 11 is 0. The van der Waals surface area contributed by atoms with Gasteiger partial charge >= 0.3 is 5.97 Å². The summed E-state index contributed by atoms with van der Waals surface area (Å²) in [4.78, 5) is 11.6. The highest BCUT2D eigenvalue weighted by Crippen LogP contribution is 2.42. The van der Waals surface area contributed by atoms with Crippen LogP contribution < -0.4 is 0 Å². The summed E-state index contributed by atoms with van der Waals surface area (Å²) in [6.07, 6.45) is 0.384. The van der Waals surface area contributed by atoms with E-state index in [9.17, 15) is 4.79 Å². The molecule has 3 aromatic rings. The summed E-state index contributed by atoms with van der Waals surface area (Å²) in [7, 11) is 0. The van der Waals surface area contributed by atoms with E-state index < -0.39 is 11.9 Å². The molecule has 4 rings (SSSR count). The molecule has 0 amide bonds. The molecule has 0 unspecified atom stereocenters. The van der Waals surface area contributed by atoms with Crippen molar-refractivity contribution >= 4 is 5.97 Å². The van der Waals surface area contributed by atoms with Crippen LogP contribution in [-0.4, -0.2) is 12.3 Å². The molecule has 3 aromatic carbocycles. The van der Waals surface area contributed by atoms with Gasteiger partial charge in [-0.3, -0.25) is 4.79 Å². The van der Waals surface area contributed by atoms with Crippen molar-refractivity contribution in [3.63, 3.8) is 0 Å². The average Bonchev–Trinajstić information content (AvgIpc) is 3.13. The van der Waals surface area contributed by atoms with E-state index in [-0.39, 0.29) is 5.97 Å². The Morgan fingerprint density at radius 3 is 1.50 bits per heavy atom. The molecular formula is C23H20O3. The number of esters is 1. The van der Waals surface area contributed by atoms with Crippen molar-refractivity contribution in [2.24, 2.45) is 0 Å². The van der Waals surface area contributed by atoms with E-state index in [4.69, 9.17) is 9.47 Å². The van der Waals surface area contributed by atoms with Gasteiger partial charge in [-0.2, -0.15) is 0 Å². The zero-order chi connectivity index (χ0) is 17.8. The van der Waals surface area contributed by atoms with Gasteiger partial charge in [0.25, 0.3) is 0 Å². The van der Waals surface area contributed by atoms with Crippen molar-refractivity contribution in [2.45, 2.75) is 24.7 Å². The van der Waals surface area contributed by atoms with Crippen LogP contribution in [0.3, 0.4) is 0 Å². The quantitative estimate of drug-likeness (QED) is 0.499. The average molecular weight is 344 g/mol. The van der Waals surface area contributed by atoms with Crippen LogP contribution in [0.2, 0.25) is 0 Å². The van der Waals surface area contributed by atoms with E-state index in [1.165, 1.54) is 0 Å². The lowest BCUT2D eigenvalue weighted by Crippen LogP contribution is -2.37. The van der Waals surface area contributed by atoms with Crippen LogP contribution in [0.4, 0.5) is 0 Å². The molecule has 0 aromatic heterocycles. The maximum absolute atomic E-state index is 11.6. The maximum atomic E-state index is 11.6. The van der Waals surface area contributed by atoms with E-state index in [1.807, 2.05) is 54.6 Å². The van der Waals surface area contributed by atoms with Crippen LogP contribution >= 0.6 is 0 Å². The third-order valence-electron chi connectivity index (χ3n) is 4.70. The van der Waals surface area contributed by atoms with E-state index in [0.29, 0.717) is 12.8 Å². The van der Waals surface area contributed by atoms with Gasteiger partial charge in [-0.1, -0.05) is 91.0 Å². The van der Waals surface area contributed by atoms with Gasteiger partial charge < -0.3 is 9.47 Å². The molecule has 1 heterocycles. The molecule has 1 atom stereocenters. The van der Waals surface area contributed by atoms with Gasteiger partial charge in [0, 0.05) is 6.42 Å². The number of ether oxygens (including phenoxy) is 2. The second kappa shape index (κ2) is 7.14. The number of hydrogen-bond acceptors (Lipinski definition) is 3. The van der Waals surface area contributed by atoms with Gasteiger partial charge in [0.1, 0.15) is 5.60 Å². The standard InChI is InChI=1S/C23H20O3/c24-21-16-17-22(25-21)26-23(18-10-4-1-5-11-18,19-12-6-2-7-13-19)20-14-8-3-9-15-20/h1-15,22H,16-17H2/t22-/m0/s1. The molecule has 0 aliphatic carbocycles. The fourth-order valence-corrected chi connectivity index (χ4v) is 3.50. The summed E-state index contributed by atoms with van der Waals surface area (Å²) in [5.74, 6) is -0.210. The second-order valence-electron chi connectivity index (χ2n) is 6.36. The van der Waals surface area contributed by atoms with Crippen molar-refractivity contribution in [1.82, 2.24) is 0 Å². The highest BCUT2D eigenvalue weighted by Gasteiger charge is 2.42. The summed E-state index contributed by atoms with van der Waals surface area (Å²) < 4.78 is 12.0. The number of benzene rings is 3. The van der Waals surface area contributed by atoms with Crippen LogP contribution in [0.5, 0.6) is 0 Å². The molecule has 0 spiro atoms. The molecule has 1 fully saturated rings. The minimum atomic E-state index is -0.848. The van der Waals surface area contributed by atoms with Gasteiger partial charge in [0.2, 0.25) is 6.29 Å². The lowest BCUT2D eigenvalue weighted by atomic mass is 9.80. The minimum Gasteiger partial charge on any atom is -0.436 e. The Hall–Kier alpha value is -2.91. The van der Waals surface area contributed by atoms with Crippen LogP contribution in [-0.2, 0) is 19.9 Å². The number of rotatable bonds is 5. The molecule has 3 heteroatoms. The monoisotopic (exact) mass is 344 g/mol. The Morgan fingerprint density at radius 1 is 0.731 bits per heavy atom. The Bertz CT molecular complexity index is 763. The molecule has 1 saturated heterocycles.